The monoisotopic (exact) mass is 198 g/mol. The first-order valence-electron chi connectivity index (χ1n) is 3.72. The van der Waals surface area contributed by atoms with Crippen molar-refractivity contribution in [1.29, 1.82) is 5.26 Å². The minimum Gasteiger partial charge on any atom is -0.323 e. The van der Waals surface area contributed by atoms with E-state index < -0.39 is 11.9 Å². The molecule has 0 saturated carbocycles. The normalized spacial score (nSPS) is 12.2. The lowest BCUT2D eigenvalue weighted by Gasteiger charge is -2.08. The fraction of sp³-hybridized carbons (Fsp3) is 0.222. The van der Waals surface area contributed by atoms with Gasteiger partial charge in [0, 0.05) is 16.6 Å². The second-order valence-corrected chi connectivity index (χ2v) is 3.07. The molecule has 13 heavy (non-hydrogen) atoms. The summed E-state index contributed by atoms with van der Waals surface area (Å²) in [6.07, 6.45) is 0.0806. The zero-order valence-electron chi connectivity index (χ0n) is 6.80. The lowest BCUT2D eigenvalue weighted by Crippen LogP contribution is -2.11. The van der Waals surface area contributed by atoms with Crippen molar-refractivity contribution in [3.05, 3.63) is 34.6 Å². The van der Waals surface area contributed by atoms with Gasteiger partial charge in [-0.2, -0.15) is 5.26 Å². The molecule has 0 bridgehead atoms. The standard InChI is InChI=1S/C9H8ClFN2/c10-6-1-2-8(11)7(5-6)9(13)3-4-12/h1-2,5,9H,3,13H2/t9-/m0/s1. The molecule has 1 rings (SSSR count). The summed E-state index contributed by atoms with van der Waals surface area (Å²) in [5.41, 5.74) is 5.84. The predicted molar refractivity (Wildman–Crippen MR) is 48.6 cm³/mol. The number of nitrogens with two attached hydrogens (primary N) is 1. The number of halogens is 2. The van der Waals surface area contributed by atoms with E-state index in [9.17, 15) is 4.39 Å². The first-order valence-corrected chi connectivity index (χ1v) is 4.10. The number of hydrogen-bond donors (Lipinski definition) is 1. The van der Waals surface area contributed by atoms with Crippen LogP contribution in [0.4, 0.5) is 4.39 Å². The Balaban J connectivity index is 3.00. The van der Waals surface area contributed by atoms with Crippen molar-refractivity contribution in [2.75, 3.05) is 0 Å². The van der Waals surface area contributed by atoms with Gasteiger partial charge in [0.15, 0.2) is 0 Å². The fourth-order valence-corrected chi connectivity index (χ4v) is 1.19. The molecule has 1 aromatic rings. The largest absolute Gasteiger partial charge is 0.323 e. The number of nitrogens with zero attached hydrogens (tertiary/aromatic N) is 1. The minimum absolute atomic E-state index is 0.0806. The van der Waals surface area contributed by atoms with Gasteiger partial charge in [-0.1, -0.05) is 11.6 Å². The van der Waals surface area contributed by atoms with Crippen LogP contribution in [0.3, 0.4) is 0 Å². The Labute approximate surface area is 80.7 Å². The summed E-state index contributed by atoms with van der Waals surface area (Å²) in [5.74, 6) is -0.424. The molecule has 1 aromatic carbocycles. The summed E-state index contributed by atoms with van der Waals surface area (Å²) in [4.78, 5) is 0. The van der Waals surface area contributed by atoms with Crippen LogP contribution in [0, 0.1) is 17.1 Å². The van der Waals surface area contributed by atoms with Crippen LogP contribution in [0.2, 0.25) is 5.02 Å². The van der Waals surface area contributed by atoms with Gasteiger partial charge in [-0.25, -0.2) is 4.39 Å². The molecule has 0 aromatic heterocycles. The van der Waals surface area contributed by atoms with E-state index in [1.807, 2.05) is 6.07 Å². The Hall–Kier alpha value is -1.11. The van der Waals surface area contributed by atoms with Gasteiger partial charge in [-0.3, -0.25) is 0 Å². The van der Waals surface area contributed by atoms with Crippen LogP contribution in [0.5, 0.6) is 0 Å². The molecular formula is C9H8ClFN2. The van der Waals surface area contributed by atoms with Crippen LogP contribution in [-0.2, 0) is 0 Å². The van der Waals surface area contributed by atoms with E-state index in [-0.39, 0.29) is 12.0 Å². The molecule has 0 amide bonds. The lowest BCUT2D eigenvalue weighted by atomic mass is 10.1. The average Bonchev–Trinajstić information content (AvgIpc) is 2.09. The molecule has 0 aliphatic heterocycles. The Morgan fingerprint density at radius 2 is 2.31 bits per heavy atom. The molecule has 68 valence electrons. The van der Waals surface area contributed by atoms with Crippen molar-refractivity contribution in [2.45, 2.75) is 12.5 Å². The topological polar surface area (TPSA) is 49.8 Å². The number of nitriles is 1. The van der Waals surface area contributed by atoms with Crippen LogP contribution in [0.25, 0.3) is 0 Å². The molecule has 0 heterocycles. The average molecular weight is 199 g/mol. The maximum atomic E-state index is 13.1. The summed E-state index contributed by atoms with van der Waals surface area (Å²) >= 11 is 5.66. The molecule has 2 nitrogen and oxygen atoms in total. The summed E-state index contributed by atoms with van der Waals surface area (Å²) in [5, 5.41) is 8.79. The highest BCUT2D eigenvalue weighted by Gasteiger charge is 2.10. The van der Waals surface area contributed by atoms with Crippen LogP contribution >= 0.6 is 11.6 Å². The predicted octanol–water partition coefficient (Wildman–Crippen LogP) is 2.39. The molecule has 0 saturated heterocycles. The van der Waals surface area contributed by atoms with E-state index in [1.54, 1.807) is 0 Å². The van der Waals surface area contributed by atoms with Crippen molar-refractivity contribution in [3.8, 4) is 6.07 Å². The maximum absolute atomic E-state index is 13.1. The van der Waals surface area contributed by atoms with Gasteiger partial charge in [0.1, 0.15) is 5.82 Å². The van der Waals surface area contributed by atoms with Gasteiger partial charge < -0.3 is 5.73 Å². The van der Waals surface area contributed by atoms with Gasteiger partial charge >= 0.3 is 0 Å². The molecule has 0 fully saturated rings. The highest BCUT2D eigenvalue weighted by molar-refractivity contribution is 6.30. The third kappa shape index (κ3) is 2.41. The number of hydrogen-bond acceptors (Lipinski definition) is 2. The zero-order valence-corrected chi connectivity index (χ0v) is 7.55. The van der Waals surface area contributed by atoms with E-state index in [1.165, 1.54) is 18.2 Å². The molecule has 0 unspecified atom stereocenters. The van der Waals surface area contributed by atoms with E-state index in [0.717, 1.165) is 0 Å². The Bertz CT molecular complexity index is 346. The molecular weight excluding hydrogens is 191 g/mol. The summed E-state index contributed by atoms with van der Waals surface area (Å²) in [7, 11) is 0. The molecule has 0 aliphatic carbocycles. The van der Waals surface area contributed by atoms with Crippen LogP contribution < -0.4 is 5.73 Å². The molecule has 0 spiro atoms. The first-order chi connectivity index (χ1) is 6.15. The van der Waals surface area contributed by atoms with Crippen LogP contribution in [0.15, 0.2) is 18.2 Å². The smallest absolute Gasteiger partial charge is 0.128 e. The quantitative estimate of drug-likeness (QED) is 0.793. The third-order valence-corrected chi connectivity index (χ3v) is 1.90. The van der Waals surface area contributed by atoms with Gasteiger partial charge in [-0.05, 0) is 18.2 Å². The minimum atomic E-state index is -0.608. The lowest BCUT2D eigenvalue weighted by molar-refractivity contribution is 0.585. The highest BCUT2D eigenvalue weighted by atomic mass is 35.5. The Kier molecular flexibility index (Phi) is 3.24. The number of benzene rings is 1. The molecule has 1 atom stereocenters. The van der Waals surface area contributed by atoms with Crippen molar-refractivity contribution in [2.24, 2.45) is 5.73 Å². The molecule has 0 radical (unpaired) electrons. The second-order valence-electron chi connectivity index (χ2n) is 2.63. The van der Waals surface area contributed by atoms with E-state index in [2.05, 4.69) is 0 Å². The number of rotatable bonds is 2. The van der Waals surface area contributed by atoms with Gasteiger partial charge in [-0.15, -0.1) is 0 Å². The molecule has 4 heteroatoms. The molecule has 2 N–H and O–H groups in total. The summed E-state index contributed by atoms with van der Waals surface area (Å²) < 4.78 is 13.1. The van der Waals surface area contributed by atoms with E-state index in [4.69, 9.17) is 22.6 Å². The zero-order chi connectivity index (χ0) is 9.84. The second kappa shape index (κ2) is 4.22. The summed E-state index contributed by atoms with van der Waals surface area (Å²) in [6, 6.07) is 5.40. The van der Waals surface area contributed by atoms with Crippen LogP contribution in [-0.4, -0.2) is 0 Å². The molecule has 0 aliphatic rings. The Morgan fingerprint density at radius 3 is 2.92 bits per heavy atom. The van der Waals surface area contributed by atoms with Crippen LogP contribution in [0.1, 0.15) is 18.0 Å². The van der Waals surface area contributed by atoms with Crippen molar-refractivity contribution in [1.82, 2.24) is 0 Å². The fourth-order valence-electron chi connectivity index (χ4n) is 1.01. The van der Waals surface area contributed by atoms with Gasteiger partial charge in [0.2, 0.25) is 0 Å². The van der Waals surface area contributed by atoms with Crippen molar-refractivity contribution >= 4 is 11.6 Å². The highest BCUT2D eigenvalue weighted by Crippen LogP contribution is 2.21. The first kappa shape index (κ1) is 9.97. The van der Waals surface area contributed by atoms with Gasteiger partial charge in [0.25, 0.3) is 0 Å². The van der Waals surface area contributed by atoms with Crippen molar-refractivity contribution < 1.29 is 4.39 Å². The van der Waals surface area contributed by atoms with E-state index in [0.29, 0.717) is 5.02 Å². The SMILES string of the molecule is N#CC[C@H](N)c1cc(Cl)ccc1F. The van der Waals surface area contributed by atoms with Crippen molar-refractivity contribution in [3.63, 3.8) is 0 Å². The Morgan fingerprint density at radius 1 is 1.62 bits per heavy atom. The van der Waals surface area contributed by atoms with E-state index >= 15 is 0 Å². The van der Waals surface area contributed by atoms with Gasteiger partial charge in [0.05, 0.1) is 12.5 Å². The maximum Gasteiger partial charge on any atom is 0.128 e. The third-order valence-electron chi connectivity index (χ3n) is 1.67. The summed E-state index contributed by atoms with van der Waals surface area (Å²) in [6.45, 7) is 0.